The lowest BCUT2D eigenvalue weighted by Gasteiger charge is -2.29. The molecule has 0 spiro atoms. The van der Waals surface area contributed by atoms with E-state index < -0.39 is 0 Å². The highest BCUT2D eigenvalue weighted by molar-refractivity contribution is 7.17. The van der Waals surface area contributed by atoms with Crippen molar-refractivity contribution in [3.05, 3.63) is 40.3 Å². The second kappa shape index (κ2) is 5.50. The van der Waals surface area contributed by atoms with Crippen LogP contribution in [0.25, 0.3) is 15.7 Å². The average molecular weight is 311 g/mol. The molecule has 116 valence electrons. The maximum atomic E-state index is 2.46. The zero-order valence-electron chi connectivity index (χ0n) is 13.9. The molecule has 0 amide bonds. The molecule has 1 heterocycles. The Hall–Kier alpha value is -1.12. The molecule has 2 aliphatic rings. The summed E-state index contributed by atoms with van der Waals surface area (Å²) in [7, 11) is 4.40. The SMILES string of the molecule is Cc1csc2ccc(C3=C(CN(C)C)CC4CCC3C4)cc12. The molecule has 22 heavy (non-hydrogen) atoms. The molecule has 4 rings (SSSR count). The van der Waals surface area contributed by atoms with E-state index in [9.17, 15) is 0 Å². The van der Waals surface area contributed by atoms with Gasteiger partial charge in [0, 0.05) is 11.2 Å². The fourth-order valence-corrected chi connectivity index (χ4v) is 5.49. The van der Waals surface area contributed by atoms with Crippen LogP contribution in [0.1, 0.15) is 36.8 Å². The number of allylic oxidation sites excluding steroid dienone is 1. The van der Waals surface area contributed by atoms with Crippen molar-refractivity contribution < 1.29 is 0 Å². The molecule has 2 bridgehead atoms. The van der Waals surface area contributed by atoms with Gasteiger partial charge in [-0.25, -0.2) is 0 Å². The molecule has 2 aromatic rings. The number of hydrogen-bond donors (Lipinski definition) is 0. The lowest BCUT2D eigenvalue weighted by Crippen LogP contribution is -2.21. The Morgan fingerprint density at radius 2 is 2.09 bits per heavy atom. The van der Waals surface area contributed by atoms with Gasteiger partial charge in [0.05, 0.1) is 0 Å². The first-order chi connectivity index (χ1) is 10.6. The lowest BCUT2D eigenvalue weighted by atomic mass is 9.79. The largest absolute Gasteiger partial charge is 0.305 e. The van der Waals surface area contributed by atoms with Crippen LogP contribution in [-0.2, 0) is 0 Å². The van der Waals surface area contributed by atoms with Crippen molar-refractivity contribution in [2.24, 2.45) is 11.8 Å². The van der Waals surface area contributed by atoms with Crippen LogP contribution in [0.3, 0.4) is 0 Å². The van der Waals surface area contributed by atoms with E-state index in [1.54, 1.807) is 11.1 Å². The second-order valence-corrected chi connectivity index (χ2v) is 8.38. The number of benzene rings is 1. The van der Waals surface area contributed by atoms with E-state index in [1.165, 1.54) is 46.9 Å². The quantitative estimate of drug-likeness (QED) is 0.739. The van der Waals surface area contributed by atoms with Crippen molar-refractivity contribution >= 4 is 27.0 Å². The summed E-state index contributed by atoms with van der Waals surface area (Å²) in [5, 5.41) is 3.75. The second-order valence-electron chi connectivity index (χ2n) is 7.46. The summed E-state index contributed by atoms with van der Waals surface area (Å²) < 4.78 is 1.43. The van der Waals surface area contributed by atoms with E-state index in [-0.39, 0.29) is 0 Å². The van der Waals surface area contributed by atoms with Gasteiger partial charge in [-0.2, -0.15) is 0 Å². The monoisotopic (exact) mass is 311 g/mol. The Bertz CT molecular complexity index is 737. The van der Waals surface area contributed by atoms with Crippen molar-refractivity contribution in [3.8, 4) is 0 Å². The normalized spacial score (nSPS) is 24.7. The topological polar surface area (TPSA) is 3.24 Å². The van der Waals surface area contributed by atoms with Crippen molar-refractivity contribution in [2.45, 2.75) is 32.6 Å². The molecule has 2 heteroatoms. The highest BCUT2D eigenvalue weighted by Crippen LogP contribution is 2.49. The van der Waals surface area contributed by atoms with Gasteiger partial charge in [-0.15, -0.1) is 11.3 Å². The summed E-state index contributed by atoms with van der Waals surface area (Å²) in [5.74, 6) is 1.76. The minimum atomic E-state index is 0.810. The van der Waals surface area contributed by atoms with Gasteiger partial charge in [-0.3, -0.25) is 0 Å². The standard InChI is InChI=1S/C20H25NS/c1-13-12-22-19-7-6-16(10-18(13)19)20-15-5-4-14(8-15)9-17(20)11-21(2)3/h6-7,10,12,14-15H,4-5,8-9,11H2,1-3H3. The molecular weight excluding hydrogens is 286 g/mol. The number of thiophene rings is 1. The molecule has 0 radical (unpaired) electrons. The van der Waals surface area contributed by atoms with Gasteiger partial charge in [0.1, 0.15) is 0 Å². The third-order valence-corrected chi connectivity index (χ3v) is 6.53. The molecule has 0 aliphatic heterocycles. The van der Waals surface area contributed by atoms with E-state index >= 15 is 0 Å². The zero-order valence-corrected chi connectivity index (χ0v) is 14.7. The van der Waals surface area contributed by atoms with Gasteiger partial charge in [-0.05, 0) is 98.1 Å². The Morgan fingerprint density at radius 1 is 1.23 bits per heavy atom. The molecule has 1 saturated carbocycles. The molecule has 1 fully saturated rings. The van der Waals surface area contributed by atoms with Crippen LogP contribution >= 0.6 is 11.3 Å². The molecule has 2 unspecified atom stereocenters. The Labute approximate surface area is 137 Å². The van der Waals surface area contributed by atoms with Crippen LogP contribution in [0, 0.1) is 18.8 Å². The molecule has 1 nitrogen and oxygen atoms in total. The number of likely N-dealkylation sites (N-methyl/N-ethyl adjacent to an activating group) is 1. The minimum absolute atomic E-state index is 0.810. The van der Waals surface area contributed by atoms with Crippen LogP contribution in [0.15, 0.2) is 29.2 Å². The smallest absolute Gasteiger partial charge is 0.0345 e. The van der Waals surface area contributed by atoms with E-state index in [0.29, 0.717) is 0 Å². The van der Waals surface area contributed by atoms with Crippen LogP contribution < -0.4 is 0 Å². The first-order valence-corrected chi connectivity index (χ1v) is 9.34. The first kappa shape index (κ1) is 14.5. The van der Waals surface area contributed by atoms with Crippen molar-refractivity contribution in [1.82, 2.24) is 4.90 Å². The minimum Gasteiger partial charge on any atom is -0.305 e. The van der Waals surface area contributed by atoms with Gasteiger partial charge < -0.3 is 4.90 Å². The number of aryl methyl sites for hydroxylation is 1. The fourth-order valence-electron chi connectivity index (χ4n) is 4.56. The molecule has 1 aromatic carbocycles. The maximum Gasteiger partial charge on any atom is 0.0345 e. The van der Waals surface area contributed by atoms with Crippen molar-refractivity contribution in [2.75, 3.05) is 20.6 Å². The first-order valence-electron chi connectivity index (χ1n) is 8.46. The van der Waals surface area contributed by atoms with Crippen LogP contribution in [0.2, 0.25) is 0 Å². The summed E-state index contributed by atoms with van der Waals surface area (Å²) in [6.07, 6.45) is 5.58. The predicted octanol–water partition coefficient (Wildman–Crippen LogP) is 5.34. The molecule has 2 atom stereocenters. The summed E-state index contributed by atoms with van der Waals surface area (Å²) in [6, 6.07) is 7.18. The van der Waals surface area contributed by atoms with Crippen molar-refractivity contribution in [1.29, 1.82) is 0 Å². The Kier molecular flexibility index (Phi) is 3.62. The molecule has 1 aromatic heterocycles. The predicted molar refractivity (Wildman–Crippen MR) is 97.5 cm³/mol. The van der Waals surface area contributed by atoms with Gasteiger partial charge in [0.25, 0.3) is 0 Å². The van der Waals surface area contributed by atoms with E-state index in [2.05, 4.69) is 49.5 Å². The van der Waals surface area contributed by atoms with Crippen molar-refractivity contribution in [3.63, 3.8) is 0 Å². The highest BCUT2D eigenvalue weighted by Gasteiger charge is 2.35. The summed E-state index contributed by atoms with van der Waals surface area (Å²) in [6.45, 7) is 3.37. The van der Waals surface area contributed by atoms with E-state index in [0.717, 1.165) is 18.4 Å². The summed E-state index contributed by atoms with van der Waals surface area (Å²) in [5.41, 5.74) is 6.32. The van der Waals surface area contributed by atoms with E-state index in [1.807, 2.05) is 11.3 Å². The summed E-state index contributed by atoms with van der Waals surface area (Å²) in [4.78, 5) is 2.34. The number of fused-ring (bicyclic) bond motifs is 3. The summed E-state index contributed by atoms with van der Waals surface area (Å²) >= 11 is 1.87. The van der Waals surface area contributed by atoms with Crippen LogP contribution in [-0.4, -0.2) is 25.5 Å². The van der Waals surface area contributed by atoms with E-state index in [4.69, 9.17) is 0 Å². The third kappa shape index (κ3) is 2.43. The maximum absolute atomic E-state index is 2.46. The Balaban J connectivity index is 1.84. The van der Waals surface area contributed by atoms with Gasteiger partial charge in [-0.1, -0.05) is 11.6 Å². The third-order valence-electron chi connectivity index (χ3n) is 5.45. The number of hydrogen-bond acceptors (Lipinski definition) is 2. The number of rotatable bonds is 3. The zero-order chi connectivity index (χ0) is 15.3. The van der Waals surface area contributed by atoms with Crippen LogP contribution in [0.4, 0.5) is 0 Å². The number of nitrogens with zero attached hydrogens (tertiary/aromatic N) is 1. The molecule has 0 N–H and O–H groups in total. The average Bonchev–Trinajstić information content (AvgIpc) is 3.03. The molecule has 2 aliphatic carbocycles. The van der Waals surface area contributed by atoms with Gasteiger partial charge in [0.2, 0.25) is 0 Å². The highest BCUT2D eigenvalue weighted by atomic mass is 32.1. The molecule has 0 saturated heterocycles. The van der Waals surface area contributed by atoms with Crippen LogP contribution in [0.5, 0.6) is 0 Å². The molecular formula is C20H25NS. The lowest BCUT2D eigenvalue weighted by molar-refractivity contribution is 0.413. The van der Waals surface area contributed by atoms with Gasteiger partial charge in [0.15, 0.2) is 0 Å². The Morgan fingerprint density at radius 3 is 2.91 bits per heavy atom. The fraction of sp³-hybridized carbons (Fsp3) is 0.500. The van der Waals surface area contributed by atoms with Gasteiger partial charge >= 0.3 is 0 Å².